The molecule has 126 valence electrons. The summed E-state index contributed by atoms with van der Waals surface area (Å²) in [6.45, 7) is 5.26. The van der Waals surface area contributed by atoms with Crippen LogP contribution in [0.3, 0.4) is 0 Å². The van der Waals surface area contributed by atoms with E-state index in [-0.39, 0.29) is 12.0 Å². The number of carbonyl (C=O) groups is 1. The zero-order valence-electron chi connectivity index (χ0n) is 13.5. The van der Waals surface area contributed by atoms with Gasteiger partial charge in [0.05, 0.1) is 10.7 Å². The van der Waals surface area contributed by atoms with E-state index in [0.717, 1.165) is 24.4 Å². The molecule has 0 aliphatic rings. The second-order valence-electron chi connectivity index (χ2n) is 5.47. The molecule has 0 atom stereocenters. The fraction of sp³-hybridized carbons (Fsp3) is 0.333. The van der Waals surface area contributed by atoms with Crippen molar-refractivity contribution in [3.63, 3.8) is 0 Å². The molecule has 0 unspecified atom stereocenters. The van der Waals surface area contributed by atoms with Gasteiger partial charge in [-0.1, -0.05) is 11.6 Å². The van der Waals surface area contributed by atoms with Crippen molar-refractivity contribution < 1.29 is 4.79 Å². The normalized spacial score (nSPS) is 11.0. The molecule has 0 saturated carbocycles. The van der Waals surface area contributed by atoms with E-state index in [9.17, 15) is 4.79 Å². The predicted octanol–water partition coefficient (Wildman–Crippen LogP) is 2.41. The average Bonchev–Trinajstić information content (AvgIpc) is 3.05. The number of hydrogen-bond acceptors (Lipinski definition) is 4. The molecule has 0 bridgehead atoms. The van der Waals surface area contributed by atoms with Gasteiger partial charge >= 0.3 is 6.03 Å². The number of halogens is 1. The molecule has 0 aliphatic carbocycles. The van der Waals surface area contributed by atoms with Crippen molar-refractivity contribution in [2.75, 3.05) is 11.9 Å². The molecule has 3 rings (SSSR count). The molecule has 0 radical (unpaired) electrons. The minimum atomic E-state index is -0.342. The molecule has 9 heteroatoms. The molecule has 2 amide bonds. The first-order valence-corrected chi connectivity index (χ1v) is 7.97. The van der Waals surface area contributed by atoms with Crippen LogP contribution in [-0.2, 0) is 6.54 Å². The number of nitrogens with zero attached hydrogens (tertiary/aromatic N) is 5. The zero-order chi connectivity index (χ0) is 17.1. The van der Waals surface area contributed by atoms with Crippen LogP contribution in [0.15, 0.2) is 24.4 Å². The first kappa shape index (κ1) is 16.3. The van der Waals surface area contributed by atoms with E-state index < -0.39 is 0 Å². The van der Waals surface area contributed by atoms with Crippen LogP contribution >= 0.6 is 11.6 Å². The van der Waals surface area contributed by atoms with Gasteiger partial charge in [-0.15, -0.1) is 5.10 Å². The Morgan fingerprint density at radius 2 is 2.12 bits per heavy atom. The van der Waals surface area contributed by atoms with Crippen molar-refractivity contribution in [1.29, 1.82) is 0 Å². The summed E-state index contributed by atoms with van der Waals surface area (Å²) in [4.78, 5) is 16.1. The minimum Gasteiger partial charge on any atom is -0.338 e. The molecular weight excluding hydrogens is 330 g/mol. The summed E-state index contributed by atoms with van der Waals surface area (Å²) in [7, 11) is 0. The SMILES string of the molecule is Cc1cc(C)n(CCCNC(=O)Nc2nc3ccc(Cl)cn3n2)n1. The van der Waals surface area contributed by atoms with Gasteiger partial charge in [0, 0.05) is 25.0 Å². The number of aromatic nitrogens is 5. The number of fused-ring (bicyclic) bond motifs is 1. The van der Waals surface area contributed by atoms with Crippen molar-refractivity contribution in [2.24, 2.45) is 0 Å². The maximum Gasteiger partial charge on any atom is 0.321 e. The predicted molar refractivity (Wildman–Crippen MR) is 91.3 cm³/mol. The van der Waals surface area contributed by atoms with Gasteiger partial charge in [-0.25, -0.2) is 9.31 Å². The summed E-state index contributed by atoms with van der Waals surface area (Å²) in [5.41, 5.74) is 2.72. The smallest absolute Gasteiger partial charge is 0.321 e. The second kappa shape index (κ2) is 6.88. The first-order valence-electron chi connectivity index (χ1n) is 7.59. The molecule has 8 nitrogen and oxygen atoms in total. The number of amides is 2. The molecule has 24 heavy (non-hydrogen) atoms. The first-order chi connectivity index (χ1) is 11.5. The summed E-state index contributed by atoms with van der Waals surface area (Å²) < 4.78 is 3.45. The molecule has 2 N–H and O–H groups in total. The number of urea groups is 1. The number of hydrogen-bond donors (Lipinski definition) is 2. The van der Waals surface area contributed by atoms with Crippen LogP contribution in [0.5, 0.6) is 0 Å². The molecule has 3 heterocycles. The van der Waals surface area contributed by atoms with Crippen molar-refractivity contribution in [2.45, 2.75) is 26.8 Å². The summed E-state index contributed by atoms with van der Waals surface area (Å²) in [5, 5.41) is 14.5. The van der Waals surface area contributed by atoms with Gasteiger partial charge < -0.3 is 5.32 Å². The van der Waals surface area contributed by atoms with E-state index >= 15 is 0 Å². The standard InChI is InChI=1S/C15H18ClN7O/c1-10-8-11(2)22(20-10)7-3-6-17-15(24)19-14-18-13-5-4-12(16)9-23(13)21-14/h4-5,8-9H,3,6-7H2,1-2H3,(H2,17,19,21,24). The third-order valence-electron chi connectivity index (χ3n) is 3.46. The number of rotatable bonds is 5. The molecule has 3 aromatic rings. The number of anilines is 1. The molecule has 0 aliphatic heterocycles. The Labute approximate surface area is 143 Å². The highest BCUT2D eigenvalue weighted by Gasteiger charge is 2.08. The lowest BCUT2D eigenvalue weighted by molar-refractivity contribution is 0.251. The zero-order valence-corrected chi connectivity index (χ0v) is 14.2. The van der Waals surface area contributed by atoms with E-state index in [4.69, 9.17) is 11.6 Å². The maximum absolute atomic E-state index is 11.9. The maximum atomic E-state index is 11.9. The van der Waals surface area contributed by atoms with Gasteiger partial charge in [-0.2, -0.15) is 10.1 Å². The minimum absolute atomic E-state index is 0.230. The van der Waals surface area contributed by atoms with Gasteiger partial charge in [0.2, 0.25) is 0 Å². The molecule has 0 aromatic carbocycles. The number of carbonyl (C=O) groups excluding carboxylic acids is 1. The van der Waals surface area contributed by atoms with Crippen LogP contribution in [0, 0.1) is 13.8 Å². The second-order valence-corrected chi connectivity index (χ2v) is 5.91. The van der Waals surface area contributed by atoms with Crippen LogP contribution in [0.4, 0.5) is 10.7 Å². The highest BCUT2D eigenvalue weighted by molar-refractivity contribution is 6.30. The quantitative estimate of drug-likeness (QED) is 0.693. The Bertz CT molecular complexity index is 870. The number of pyridine rings is 1. The van der Waals surface area contributed by atoms with Gasteiger partial charge in [0.25, 0.3) is 5.95 Å². The topological polar surface area (TPSA) is 89.1 Å². The van der Waals surface area contributed by atoms with Crippen LogP contribution in [-0.4, -0.2) is 37.0 Å². The lowest BCUT2D eigenvalue weighted by atomic mass is 10.4. The van der Waals surface area contributed by atoms with E-state index in [1.54, 1.807) is 18.3 Å². The van der Waals surface area contributed by atoms with Crippen LogP contribution < -0.4 is 10.6 Å². The summed E-state index contributed by atoms with van der Waals surface area (Å²) in [6, 6.07) is 5.13. The van der Waals surface area contributed by atoms with Gasteiger partial charge in [-0.3, -0.25) is 10.00 Å². The Morgan fingerprint density at radius 3 is 2.88 bits per heavy atom. The van der Waals surface area contributed by atoms with Gasteiger partial charge in [0.1, 0.15) is 0 Å². The van der Waals surface area contributed by atoms with Crippen LogP contribution in [0.2, 0.25) is 5.02 Å². The fourth-order valence-electron chi connectivity index (χ4n) is 2.39. The van der Waals surface area contributed by atoms with Crippen molar-refractivity contribution in [3.05, 3.63) is 40.8 Å². The fourth-order valence-corrected chi connectivity index (χ4v) is 2.54. The highest BCUT2D eigenvalue weighted by atomic mass is 35.5. The highest BCUT2D eigenvalue weighted by Crippen LogP contribution is 2.11. The average molecular weight is 348 g/mol. The monoisotopic (exact) mass is 347 g/mol. The molecule has 0 fully saturated rings. The largest absolute Gasteiger partial charge is 0.338 e. The Morgan fingerprint density at radius 1 is 1.29 bits per heavy atom. The van der Waals surface area contributed by atoms with Gasteiger partial charge in [0.15, 0.2) is 5.65 Å². The van der Waals surface area contributed by atoms with Crippen molar-refractivity contribution in [1.82, 2.24) is 29.7 Å². The van der Waals surface area contributed by atoms with Crippen LogP contribution in [0.1, 0.15) is 17.8 Å². The summed E-state index contributed by atoms with van der Waals surface area (Å²) in [5.74, 6) is 0.230. The Balaban J connectivity index is 1.47. The third kappa shape index (κ3) is 3.83. The Hall–Kier alpha value is -2.61. The molecule has 0 saturated heterocycles. The van der Waals surface area contributed by atoms with E-state index in [0.29, 0.717) is 17.2 Å². The summed E-state index contributed by atoms with van der Waals surface area (Å²) in [6.07, 6.45) is 2.41. The van der Waals surface area contributed by atoms with Crippen molar-refractivity contribution >= 4 is 29.2 Å². The summed E-state index contributed by atoms with van der Waals surface area (Å²) >= 11 is 5.89. The van der Waals surface area contributed by atoms with E-state index in [2.05, 4.69) is 25.8 Å². The molecule has 0 spiro atoms. The van der Waals surface area contributed by atoms with E-state index in [1.165, 1.54) is 4.52 Å². The van der Waals surface area contributed by atoms with Crippen molar-refractivity contribution in [3.8, 4) is 0 Å². The number of nitrogens with one attached hydrogen (secondary N) is 2. The third-order valence-corrected chi connectivity index (χ3v) is 3.68. The van der Waals surface area contributed by atoms with Crippen LogP contribution in [0.25, 0.3) is 5.65 Å². The molecular formula is C15H18ClN7O. The Kier molecular flexibility index (Phi) is 4.66. The number of aryl methyl sites for hydroxylation is 3. The van der Waals surface area contributed by atoms with E-state index in [1.807, 2.05) is 24.6 Å². The lowest BCUT2D eigenvalue weighted by Crippen LogP contribution is -2.30. The molecule has 3 aromatic heterocycles. The lowest BCUT2D eigenvalue weighted by Gasteiger charge is -2.06. The van der Waals surface area contributed by atoms with Gasteiger partial charge in [-0.05, 0) is 38.5 Å².